The number of piperazine rings is 1. The minimum absolute atomic E-state index is 0.0829. The Hall–Kier alpha value is -1.66. The Morgan fingerprint density at radius 3 is 2.28 bits per heavy atom. The number of carbonyl (C=O) groups excluding carboxylic acids is 1. The van der Waals surface area contributed by atoms with Crippen molar-refractivity contribution in [2.45, 2.75) is 0 Å². The van der Waals surface area contributed by atoms with E-state index in [-0.39, 0.29) is 12.3 Å². The van der Waals surface area contributed by atoms with E-state index in [2.05, 4.69) is 9.88 Å². The number of Topliss-reactive ketones (excluding diaryl/α,β-unsaturated/α-hetero) is 1. The Labute approximate surface area is 105 Å². The molecule has 2 rings (SSSR count). The maximum atomic E-state index is 11.9. The summed E-state index contributed by atoms with van der Waals surface area (Å²) in [5.41, 5.74) is 0.697. The third-order valence-electron chi connectivity index (χ3n) is 3.11. The molecule has 2 N–H and O–H groups in total. The van der Waals surface area contributed by atoms with E-state index in [1.54, 1.807) is 18.5 Å². The van der Waals surface area contributed by atoms with Gasteiger partial charge < -0.3 is 10.1 Å². The summed E-state index contributed by atoms with van der Waals surface area (Å²) in [6.07, 6.45) is 3.43. The highest BCUT2D eigenvalue weighted by Crippen LogP contribution is 2.05. The molecule has 0 aliphatic carbocycles. The van der Waals surface area contributed by atoms with Gasteiger partial charge in [-0.25, -0.2) is 0 Å². The molecule has 0 atom stereocenters. The molecule has 0 saturated carbocycles. The van der Waals surface area contributed by atoms with E-state index < -0.39 is 5.97 Å². The second-order valence-electron chi connectivity index (χ2n) is 4.47. The predicted octanol–water partition coefficient (Wildman–Crippen LogP) is -0.100. The van der Waals surface area contributed by atoms with Gasteiger partial charge in [0.1, 0.15) is 0 Å². The largest absolute Gasteiger partial charge is 0.480 e. The minimum Gasteiger partial charge on any atom is -0.480 e. The minimum atomic E-state index is -0.799. The standard InChI is InChI=1S/C12H17N3O3/c16-11(10-1-2-13-7-10)8-14-3-5-15(6-4-14)9-12(17)18/h1-2,7,13H,3-6,8-9H2,(H,17,18). The quantitative estimate of drug-likeness (QED) is 0.715. The molecule has 6 nitrogen and oxygen atoms in total. The summed E-state index contributed by atoms with van der Waals surface area (Å²) in [6, 6.07) is 1.77. The maximum absolute atomic E-state index is 11.9. The van der Waals surface area contributed by atoms with Crippen molar-refractivity contribution in [2.24, 2.45) is 0 Å². The second kappa shape index (κ2) is 5.79. The van der Waals surface area contributed by atoms with Crippen molar-refractivity contribution in [3.63, 3.8) is 0 Å². The zero-order chi connectivity index (χ0) is 13.0. The van der Waals surface area contributed by atoms with Gasteiger partial charge in [-0.05, 0) is 6.07 Å². The Morgan fingerprint density at radius 2 is 1.78 bits per heavy atom. The summed E-state index contributed by atoms with van der Waals surface area (Å²) < 4.78 is 0. The number of hydrogen-bond donors (Lipinski definition) is 2. The molecule has 6 heteroatoms. The van der Waals surface area contributed by atoms with Crippen LogP contribution in [0.5, 0.6) is 0 Å². The van der Waals surface area contributed by atoms with Crippen LogP contribution in [0, 0.1) is 0 Å². The second-order valence-corrected chi connectivity index (χ2v) is 4.47. The normalized spacial score (nSPS) is 17.8. The van der Waals surface area contributed by atoms with Crippen LogP contribution < -0.4 is 0 Å². The third kappa shape index (κ3) is 3.41. The molecule has 1 aromatic rings. The van der Waals surface area contributed by atoms with Crippen molar-refractivity contribution < 1.29 is 14.7 Å². The van der Waals surface area contributed by atoms with Crippen LogP contribution >= 0.6 is 0 Å². The SMILES string of the molecule is O=C(O)CN1CCN(CC(=O)c2cc[nH]c2)CC1. The summed E-state index contributed by atoms with van der Waals surface area (Å²) in [7, 11) is 0. The highest BCUT2D eigenvalue weighted by Gasteiger charge is 2.20. The monoisotopic (exact) mass is 251 g/mol. The first-order valence-electron chi connectivity index (χ1n) is 5.97. The van der Waals surface area contributed by atoms with Gasteiger partial charge in [0.2, 0.25) is 0 Å². The topological polar surface area (TPSA) is 76.6 Å². The Balaban J connectivity index is 1.77. The van der Waals surface area contributed by atoms with E-state index in [0.29, 0.717) is 25.2 Å². The summed E-state index contributed by atoms with van der Waals surface area (Å²) in [5, 5.41) is 8.69. The lowest BCUT2D eigenvalue weighted by Crippen LogP contribution is -2.49. The van der Waals surface area contributed by atoms with Crippen molar-refractivity contribution >= 4 is 11.8 Å². The molecule has 1 aliphatic heterocycles. The van der Waals surface area contributed by atoms with Crippen LogP contribution in [0.3, 0.4) is 0 Å². The molecule has 0 bridgehead atoms. The molecule has 2 heterocycles. The van der Waals surface area contributed by atoms with E-state index in [9.17, 15) is 9.59 Å². The van der Waals surface area contributed by atoms with Crippen molar-refractivity contribution in [2.75, 3.05) is 39.3 Å². The van der Waals surface area contributed by atoms with E-state index in [1.165, 1.54) is 0 Å². The smallest absolute Gasteiger partial charge is 0.317 e. The van der Waals surface area contributed by atoms with Gasteiger partial charge in [0.05, 0.1) is 13.1 Å². The van der Waals surface area contributed by atoms with Crippen LogP contribution in [0.2, 0.25) is 0 Å². The maximum Gasteiger partial charge on any atom is 0.317 e. The molecule has 1 fully saturated rings. The zero-order valence-corrected chi connectivity index (χ0v) is 10.1. The number of ketones is 1. The highest BCUT2D eigenvalue weighted by atomic mass is 16.4. The van der Waals surface area contributed by atoms with Crippen LogP contribution in [0.1, 0.15) is 10.4 Å². The summed E-state index contributed by atoms with van der Waals surface area (Å²) in [6.45, 7) is 3.37. The van der Waals surface area contributed by atoms with E-state index >= 15 is 0 Å². The van der Waals surface area contributed by atoms with Gasteiger partial charge in [0, 0.05) is 44.1 Å². The number of H-pyrrole nitrogens is 1. The van der Waals surface area contributed by atoms with Crippen LogP contribution in [-0.4, -0.2) is 70.9 Å². The first-order valence-corrected chi connectivity index (χ1v) is 5.97. The van der Waals surface area contributed by atoms with Gasteiger partial charge in [0.15, 0.2) is 5.78 Å². The average Bonchev–Trinajstić information content (AvgIpc) is 2.84. The van der Waals surface area contributed by atoms with Gasteiger partial charge in [0.25, 0.3) is 0 Å². The molecule has 0 spiro atoms. The fourth-order valence-electron chi connectivity index (χ4n) is 2.09. The average molecular weight is 251 g/mol. The summed E-state index contributed by atoms with van der Waals surface area (Å²) in [5.74, 6) is -0.699. The number of nitrogens with one attached hydrogen (secondary N) is 1. The van der Waals surface area contributed by atoms with Crippen LogP contribution in [0.25, 0.3) is 0 Å². The van der Waals surface area contributed by atoms with Crippen LogP contribution in [-0.2, 0) is 4.79 Å². The third-order valence-corrected chi connectivity index (χ3v) is 3.11. The number of rotatable bonds is 5. The number of carbonyl (C=O) groups is 2. The number of nitrogens with zero attached hydrogens (tertiary/aromatic N) is 2. The molecule has 0 unspecified atom stereocenters. The molecule has 0 radical (unpaired) electrons. The summed E-state index contributed by atoms with van der Waals surface area (Å²) >= 11 is 0. The fraction of sp³-hybridized carbons (Fsp3) is 0.500. The van der Waals surface area contributed by atoms with Gasteiger partial charge in [-0.2, -0.15) is 0 Å². The molecule has 98 valence electrons. The zero-order valence-electron chi connectivity index (χ0n) is 10.1. The van der Waals surface area contributed by atoms with E-state index in [0.717, 1.165) is 13.1 Å². The van der Waals surface area contributed by atoms with Crippen LogP contribution in [0.4, 0.5) is 0 Å². The number of aromatic nitrogens is 1. The molecule has 1 saturated heterocycles. The van der Waals surface area contributed by atoms with Crippen molar-refractivity contribution in [3.8, 4) is 0 Å². The predicted molar refractivity (Wildman–Crippen MR) is 65.6 cm³/mol. The number of hydrogen-bond acceptors (Lipinski definition) is 4. The molecule has 1 aromatic heterocycles. The molecular weight excluding hydrogens is 234 g/mol. The lowest BCUT2D eigenvalue weighted by atomic mass is 10.2. The molecule has 0 aromatic carbocycles. The molecular formula is C12H17N3O3. The van der Waals surface area contributed by atoms with E-state index in [1.807, 2.05) is 4.90 Å². The van der Waals surface area contributed by atoms with Gasteiger partial charge in [-0.1, -0.05) is 0 Å². The molecule has 1 aliphatic rings. The highest BCUT2D eigenvalue weighted by molar-refractivity contribution is 5.97. The van der Waals surface area contributed by atoms with Gasteiger partial charge in [-0.3, -0.25) is 19.4 Å². The number of carboxylic acids is 1. The molecule has 0 amide bonds. The first kappa shape index (κ1) is 12.8. The number of aromatic amines is 1. The van der Waals surface area contributed by atoms with Crippen molar-refractivity contribution in [3.05, 3.63) is 24.0 Å². The molecule has 18 heavy (non-hydrogen) atoms. The Bertz CT molecular complexity index is 408. The lowest BCUT2D eigenvalue weighted by molar-refractivity contribution is -0.138. The fourth-order valence-corrected chi connectivity index (χ4v) is 2.09. The van der Waals surface area contributed by atoms with Crippen molar-refractivity contribution in [1.29, 1.82) is 0 Å². The number of carboxylic acid groups (broad SMARTS) is 1. The Kier molecular flexibility index (Phi) is 4.11. The first-order chi connectivity index (χ1) is 8.65. The van der Waals surface area contributed by atoms with Crippen LogP contribution in [0.15, 0.2) is 18.5 Å². The lowest BCUT2D eigenvalue weighted by Gasteiger charge is -2.33. The Morgan fingerprint density at radius 1 is 1.17 bits per heavy atom. The van der Waals surface area contributed by atoms with Gasteiger partial charge >= 0.3 is 5.97 Å². The van der Waals surface area contributed by atoms with E-state index in [4.69, 9.17) is 5.11 Å². The van der Waals surface area contributed by atoms with Crippen molar-refractivity contribution in [1.82, 2.24) is 14.8 Å². The van der Waals surface area contributed by atoms with Gasteiger partial charge in [-0.15, -0.1) is 0 Å². The summed E-state index contributed by atoms with van der Waals surface area (Å²) in [4.78, 5) is 29.2. The number of aliphatic carboxylic acids is 1.